The molecule has 0 atom stereocenters. The van der Waals surface area contributed by atoms with E-state index >= 15 is 0 Å². The van der Waals surface area contributed by atoms with Crippen molar-refractivity contribution in [2.24, 2.45) is 0 Å². The maximum Gasteiger partial charge on any atom is 0.261 e. The lowest BCUT2D eigenvalue weighted by Gasteiger charge is -2.32. The van der Waals surface area contributed by atoms with E-state index < -0.39 is 0 Å². The molecule has 3 rings (SSSR count). The highest BCUT2D eigenvalue weighted by molar-refractivity contribution is 9.10. The van der Waals surface area contributed by atoms with Crippen molar-refractivity contribution in [2.45, 2.75) is 25.4 Å². The van der Waals surface area contributed by atoms with E-state index in [0.29, 0.717) is 12.1 Å². The smallest absolute Gasteiger partial charge is 0.261 e. The Morgan fingerprint density at radius 2 is 2.13 bits per heavy atom. The zero-order valence-corrected chi connectivity index (χ0v) is 15.0. The van der Waals surface area contributed by atoms with Crippen LogP contribution in [-0.2, 0) is 6.54 Å². The molecule has 1 aromatic carbocycles. The molecule has 0 aliphatic carbocycles. The standard InChI is InChI=1S/C17H18BrFN2OS/c18-13-4-3-12(15(19)10-13)11-21-7-5-14(6-8-21)20-17(22)16-2-1-9-23-16/h1-4,9-10,14H,5-8,11H2,(H,20,22). The van der Waals surface area contributed by atoms with Crippen molar-refractivity contribution in [1.82, 2.24) is 10.2 Å². The normalized spacial score (nSPS) is 16.4. The summed E-state index contributed by atoms with van der Waals surface area (Å²) in [5, 5.41) is 5.00. The summed E-state index contributed by atoms with van der Waals surface area (Å²) in [6.07, 6.45) is 1.80. The van der Waals surface area contributed by atoms with Gasteiger partial charge >= 0.3 is 0 Å². The molecule has 2 heterocycles. The molecule has 1 aromatic heterocycles. The molecule has 1 aliphatic rings. The quantitative estimate of drug-likeness (QED) is 0.845. The monoisotopic (exact) mass is 396 g/mol. The van der Waals surface area contributed by atoms with Gasteiger partial charge < -0.3 is 5.32 Å². The van der Waals surface area contributed by atoms with Crippen molar-refractivity contribution in [3.63, 3.8) is 0 Å². The Morgan fingerprint density at radius 1 is 1.35 bits per heavy atom. The van der Waals surface area contributed by atoms with Gasteiger partial charge in [0.15, 0.2) is 0 Å². The fourth-order valence-corrected chi connectivity index (χ4v) is 3.75. The second-order valence-electron chi connectivity index (χ2n) is 5.74. The van der Waals surface area contributed by atoms with Crippen LogP contribution in [0.3, 0.4) is 0 Å². The van der Waals surface area contributed by atoms with Gasteiger partial charge in [-0.25, -0.2) is 4.39 Å². The summed E-state index contributed by atoms with van der Waals surface area (Å²) in [5.41, 5.74) is 0.717. The molecule has 0 saturated carbocycles. The van der Waals surface area contributed by atoms with Gasteiger partial charge in [-0.3, -0.25) is 9.69 Å². The van der Waals surface area contributed by atoms with Crippen molar-refractivity contribution in [3.05, 3.63) is 56.4 Å². The van der Waals surface area contributed by atoms with Gasteiger partial charge in [0.25, 0.3) is 5.91 Å². The van der Waals surface area contributed by atoms with Crippen LogP contribution in [0.2, 0.25) is 0 Å². The minimum atomic E-state index is -0.174. The second-order valence-corrected chi connectivity index (χ2v) is 7.60. The number of carbonyl (C=O) groups excluding carboxylic acids is 1. The lowest BCUT2D eigenvalue weighted by Crippen LogP contribution is -2.44. The summed E-state index contributed by atoms with van der Waals surface area (Å²) >= 11 is 4.73. The zero-order chi connectivity index (χ0) is 16.2. The number of amides is 1. The Bertz CT molecular complexity index is 669. The van der Waals surface area contributed by atoms with E-state index in [4.69, 9.17) is 0 Å². The van der Waals surface area contributed by atoms with Crippen LogP contribution in [0.5, 0.6) is 0 Å². The van der Waals surface area contributed by atoms with Crippen LogP contribution in [0.1, 0.15) is 28.1 Å². The maximum atomic E-state index is 13.9. The topological polar surface area (TPSA) is 32.3 Å². The Balaban J connectivity index is 1.49. The molecule has 122 valence electrons. The number of benzene rings is 1. The summed E-state index contributed by atoms with van der Waals surface area (Å²) in [5.74, 6) is -0.162. The number of rotatable bonds is 4. The first-order valence-electron chi connectivity index (χ1n) is 7.62. The van der Waals surface area contributed by atoms with E-state index in [1.807, 2.05) is 29.6 Å². The van der Waals surface area contributed by atoms with Crippen molar-refractivity contribution >= 4 is 33.2 Å². The first-order chi connectivity index (χ1) is 11.1. The average molecular weight is 397 g/mol. The third-order valence-corrected chi connectivity index (χ3v) is 5.44. The number of carbonyl (C=O) groups is 1. The van der Waals surface area contributed by atoms with Crippen LogP contribution in [0, 0.1) is 5.82 Å². The number of hydrogen-bond acceptors (Lipinski definition) is 3. The second kappa shape index (κ2) is 7.55. The Labute approximate surface area is 147 Å². The Kier molecular flexibility index (Phi) is 5.46. The molecular weight excluding hydrogens is 379 g/mol. The van der Waals surface area contributed by atoms with Gasteiger partial charge in [0.05, 0.1) is 4.88 Å². The number of nitrogens with zero attached hydrogens (tertiary/aromatic N) is 1. The molecule has 1 aliphatic heterocycles. The minimum absolute atomic E-state index is 0.0115. The van der Waals surface area contributed by atoms with Crippen molar-refractivity contribution in [1.29, 1.82) is 0 Å². The number of likely N-dealkylation sites (tertiary alicyclic amines) is 1. The Morgan fingerprint density at radius 3 is 2.78 bits per heavy atom. The fourth-order valence-electron chi connectivity index (χ4n) is 2.79. The summed E-state index contributed by atoms with van der Waals surface area (Å²) in [7, 11) is 0. The highest BCUT2D eigenvalue weighted by Gasteiger charge is 2.22. The minimum Gasteiger partial charge on any atom is -0.349 e. The van der Waals surface area contributed by atoms with E-state index in [0.717, 1.165) is 35.3 Å². The van der Waals surface area contributed by atoms with Crippen LogP contribution in [0.4, 0.5) is 4.39 Å². The van der Waals surface area contributed by atoms with Gasteiger partial charge in [-0.15, -0.1) is 11.3 Å². The number of thiophene rings is 1. The number of hydrogen-bond donors (Lipinski definition) is 1. The SMILES string of the molecule is O=C(NC1CCN(Cc2ccc(Br)cc2F)CC1)c1cccs1. The predicted octanol–water partition coefficient (Wildman–Crippen LogP) is 4.04. The molecule has 1 amide bonds. The molecule has 0 radical (unpaired) electrons. The van der Waals surface area contributed by atoms with Crippen molar-refractivity contribution in [3.8, 4) is 0 Å². The summed E-state index contributed by atoms with van der Waals surface area (Å²) in [6, 6.07) is 9.12. The van der Waals surface area contributed by atoms with Crippen molar-refractivity contribution < 1.29 is 9.18 Å². The van der Waals surface area contributed by atoms with Gasteiger partial charge in [0, 0.05) is 35.7 Å². The Hall–Kier alpha value is -1.24. The lowest BCUT2D eigenvalue weighted by atomic mass is 10.0. The molecule has 3 nitrogen and oxygen atoms in total. The molecule has 1 saturated heterocycles. The van der Waals surface area contributed by atoms with Crippen LogP contribution in [-0.4, -0.2) is 29.9 Å². The molecule has 1 N–H and O–H groups in total. The number of piperidine rings is 1. The molecule has 0 spiro atoms. The highest BCUT2D eigenvalue weighted by Crippen LogP contribution is 2.19. The zero-order valence-electron chi connectivity index (χ0n) is 12.6. The first kappa shape index (κ1) is 16.6. The summed E-state index contributed by atoms with van der Waals surface area (Å²) in [6.45, 7) is 2.35. The third-order valence-electron chi connectivity index (χ3n) is 4.08. The molecule has 23 heavy (non-hydrogen) atoms. The average Bonchev–Trinajstić information content (AvgIpc) is 3.06. The van der Waals surface area contributed by atoms with Gasteiger partial charge in [0.2, 0.25) is 0 Å². The van der Waals surface area contributed by atoms with E-state index in [1.165, 1.54) is 17.4 Å². The van der Waals surface area contributed by atoms with Crippen molar-refractivity contribution in [2.75, 3.05) is 13.1 Å². The van der Waals surface area contributed by atoms with E-state index in [9.17, 15) is 9.18 Å². The van der Waals surface area contributed by atoms with Crippen LogP contribution < -0.4 is 5.32 Å². The predicted molar refractivity (Wildman–Crippen MR) is 94.2 cm³/mol. The van der Waals surface area contributed by atoms with Crippen LogP contribution >= 0.6 is 27.3 Å². The molecule has 6 heteroatoms. The molecular formula is C17H18BrFN2OS. The van der Waals surface area contributed by atoms with E-state index in [1.54, 1.807) is 0 Å². The fraction of sp³-hybridized carbons (Fsp3) is 0.353. The van der Waals surface area contributed by atoms with Crippen LogP contribution in [0.25, 0.3) is 0 Å². The summed E-state index contributed by atoms with van der Waals surface area (Å²) in [4.78, 5) is 15.0. The number of nitrogens with one attached hydrogen (secondary N) is 1. The molecule has 1 fully saturated rings. The first-order valence-corrected chi connectivity index (χ1v) is 9.30. The molecule has 0 bridgehead atoms. The molecule has 0 unspecified atom stereocenters. The molecule has 2 aromatic rings. The third kappa shape index (κ3) is 4.40. The van der Waals surface area contributed by atoms with Gasteiger partial charge in [0.1, 0.15) is 5.82 Å². The largest absolute Gasteiger partial charge is 0.349 e. The van der Waals surface area contributed by atoms with Gasteiger partial charge in [-0.05, 0) is 36.4 Å². The number of halogens is 2. The van der Waals surface area contributed by atoms with E-state index in [-0.39, 0.29) is 17.8 Å². The maximum absolute atomic E-state index is 13.9. The van der Waals surface area contributed by atoms with Gasteiger partial charge in [-0.1, -0.05) is 28.1 Å². The van der Waals surface area contributed by atoms with E-state index in [2.05, 4.69) is 26.1 Å². The lowest BCUT2D eigenvalue weighted by molar-refractivity contribution is 0.0913. The summed E-state index contributed by atoms with van der Waals surface area (Å²) < 4.78 is 14.7. The van der Waals surface area contributed by atoms with Gasteiger partial charge in [-0.2, -0.15) is 0 Å². The highest BCUT2D eigenvalue weighted by atomic mass is 79.9. The van der Waals surface area contributed by atoms with Crippen LogP contribution in [0.15, 0.2) is 40.2 Å².